The summed E-state index contributed by atoms with van der Waals surface area (Å²) in [7, 11) is 0. The molecule has 0 fully saturated rings. The van der Waals surface area contributed by atoms with Crippen LogP contribution >= 0.6 is 0 Å². The standard InChI is InChI=1S/C14H21N5/c1-4-6-11(5-2)17-14-15-8-7-13(18-14)12-9-16-19-10(12)3/h7-9,11H,4-6H2,1-3H3,(H,16,19)(H,15,17,18). The van der Waals surface area contributed by atoms with E-state index in [0.717, 1.165) is 36.2 Å². The summed E-state index contributed by atoms with van der Waals surface area (Å²) in [5.74, 6) is 0.693. The minimum atomic E-state index is 0.436. The summed E-state index contributed by atoms with van der Waals surface area (Å²) < 4.78 is 0. The van der Waals surface area contributed by atoms with Crippen LogP contribution in [0.25, 0.3) is 11.3 Å². The van der Waals surface area contributed by atoms with Gasteiger partial charge in [-0.3, -0.25) is 5.10 Å². The maximum Gasteiger partial charge on any atom is 0.223 e. The second kappa shape index (κ2) is 6.31. The summed E-state index contributed by atoms with van der Waals surface area (Å²) in [6.07, 6.45) is 6.95. The van der Waals surface area contributed by atoms with Crippen molar-refractivity contribution in [1.29, 1.82) is 0 Å². The van der Waals surface area contributed by atoms with Crippen molar-refractivity contribution in [3.05, 3.63) is 24.2 Å². The molecule has 0 aromatic carbocycles. The van der Waals surface area contributed by atoms with Crippen molar-refractivity contribution in [3.8, 4) is 11.3 Å². The molecule has 2 aromatic heterocycles. The number of aromatic nitrogens is 4. The van der Waals surface area contributed by atoms with Gasteiger partial charge in [-0.05, 0) is 25.8 Å². The van der Waals surface area contributed by atoms with Crippen molar-refractivity contribution in [2.45, 2.75) is 46.1 Å². The van der Waals surface area contributed by atoms with Crippen LogP contribution < -0.4 is 5.32 Å². The molecule has 19 heavy (non-hydrogen) atoms. The molecule has 2 heterocycles. The van der Waals surface area contributed by atoms with E-state index in [4.69, 9.17) is 0 Å². The van der Waals surface area contributed by atoms with Gasteiger partial charge in [-0.15, -0.1) is 0 Å². The maximum atomic E-state index is 4.56. The summed E-state index contributed by atoms with van der Waals surface area (Å²) in [6.45, 7) is 6.36. The molecule has 2 rings (SSSR count). The van der Waals surface area contributed by atoms with Crippen LogP contribution in [0.2, 0.25) is 0 Å². The van der Waals surface area contributed by atoms with Crippen molar-refractivity contribution in [2.24, 2.45) is 0 Å². The molecule has 0 saturated carbocycles. The zero-order chi connectivity index (χ0) is 13.7. The number of aromatic amines is 1. The number of anilines is 1. The van der Waals surface area contributed by atoms with Crippen molar-refractivity contribution in [1.82, 2.24) is 20.2 Å². The second-order valence-corrected chi connectivity index (χ2v) is 4.71. The number of aryl methyl sites for hydroxylation is 1. The minimum Gasteiger partial charge on any atom is -0.351 e. The highest BCUT2D eigenvalue weighted by Crippen LogP contribution is 2.20. The van der Waals surface area contributed by atoms with E-state index in [2.05, 4.69) is 39.3 Å². The van der Waals surface area contributed by atoms with Crippen LogP contribution in [0.15, 0.2) is 18.5 Å². The third-order valence-electron chi connectivity index (χ3n) is 3.22. The van der Waals surface area contributed by atoms with E-state index in [-0.39, 0.29) is 0 Å². The number of hydrogen-bond donors (Lipinski definition) is 2. The largest absolute Gasteiger partial charge is 0.351 e. The molecule has 0 spiro atoms. The number of H-pyrrole nitrogens is 1. The van der Waals surface area contributed by atoms with Gasteiger partial charge in [0.2, 0.25) is 5.95 Å². The Balaban J connectivity index is 2.18. The normalized spacial score (nSPS) is 12.4. The van der Waals surface area contributed by atoms with Gasteiger partial charge in [0.15, 0.2) is 0 Å². The highest BCUT2D eigenvalue weighted by molar-refractivity contribution is 5.61. The maximum absolute atomic E-state index is 4.56. The Morgan fingerprint density at radius 3 is 2.84 bits per heavy atom. The second-order valence-electron chi connectivity index (χ2n) is 4.71. The highest BCUT2D eigenvalue weighted by atomic mass is 15.1. The summed E-state index contributed by atoms with van der Waals surface area (Å²) in [6, 6.07) is 2.34. The lowest BCUT2D eigenvalue weighted by Gasteiger charge is -2.16. The fourth-order valence-corrected chi connectivity index (χ4v) is 2.10. The van der Waals surface area contributed by atoms with E-state index in [9.17, 15) is 0 Å². The van der Waals surface area contributed by atoms with E-state index in [0.29, 0.717) is 12.0 Å². The summed E-state index contributed by atoms with van der Waals surface area (Å²) in [5, 5.41) is 10.4. The minimum absolute atomic E-state index is 0.436. The summed E-state index contributed by atoms with van der Waals surface area (Å²) in [5.41, 5.74) is 2.94. The first-order valence-electron chi connectivity index (χ1n) is 6.84. The van der Waals surface area contributed by atoms with Gasteiger partial charge < -0.3 is 5.32 Å². The molecule has 0 aliphatic heterocycles. The van der Waals surface area contributed by atoms with Crippen LogP contribution in [0, 0.1) is 6.92 Å². The SMILES string of the molecule is CCCC(CC)Nc1nccc(-c2cn[nH]c2C)n1. The molecule has 1 unspecified atom stereocenters. The molecule has 0 bridgehead atoms. The highest BCUT2D eigenvalue weighted by Gasteiger charge is 2.09. The van der Waals surface area contributed by atoms with Gasteiger partial charge >= 0.3 is 0 Å². The monoisotopic (exact) mass is 259 g/mol. The molecule has 0 amide bonds. The first-order valence-corrected chi connectivity index (χ1v) is 6.84. The molecular formula is C14H21N5. The Bertz CT molecular complexity index is 520. The van der Waals surface area contributed by atoms with E-state index >= 15 is 0 Å². The van der Waals surface area contributed by atoms with Gasteiger partial charge in [-0.2, -0.15) is 5.10 Å². The van der Waals surface area contributed by atoms with Gasteiger partial charge in [0.1, 0.15) is 0 Å². The molecule has 0 aliphatic carbocycles. The van der Waals surface area contributed by atoms with Gasteiger partial charge in [0.05, 0.1) is 11.9 Å². The van der Waals surface area contributed by atoms with Crippen molar-refractivity contribution >= 4 is 5.95 Å². The lowest BCUT2D eigenvalue weighted by atomic mass is 10.1. The Hall–Kier alpha value is -1.91. The van der Waals surface area contributed by atoms with Crippen molar-refractivity contribution in [3.63, 3.8) is 0 Å². The molecule has 102 valence electrons. The van der Waals surface area contributed by atoms with Gasteiger partial charge in [-0.1, -0.05) is 20.3 Å². The zero-order valence-corrected chi connectivity index (χ0v) is 11.8. The fraction of sp³-hybridized carbons (Fsp3) is 0.500. The number of nitrogens with one attached hydrogen (secondary N) is 2. The predicted octanol–water partition coefficient (Wildman–Crippen LogP) is 3.17. The third kappa shape index (κ3) is 3.30. The molecule has 0 aliphatic rings. The van der Waals surface area contributed by atoms with Gasteiger partial charge in [0.25, 0.3) is 0 Å². The van der Waals surface area contributed by atoms with Crippen LogP contribution in [0.5, 0.6) is 0 Å². The molecule has 0 radical (unpaired) electrons. The molecule has 1 atom stereocenters. The van der Waals surface area contributed by atoms with Crippen LogP contribution in [0.1, 0.15) is 38.8 Å². The zero-order valence-electron chi connectivity index (χ0n) is 11.8. The Labute approximate surface area is 113 Å². The molecule has 5 heteroatoms. The smallest absolute Gasteiger partial charge is 0.223 e. The van der Waals surface area contributed by atoms with E-state index in [1.54, 1.807) is 12.4 Å². The lowest BCUT2D eigenvalue weighted by Crippen LogP contribution is -2.19. The number of nitrogens with zero attached hydrogens (tertiary/aromatic N) is 3. The van der Waals surface area contributed by atoms with E-state index in [1.165, 1.54) is 0 Å². The Morgan fingerprint density at radius 1 is 1.37 bits per heavy atom. The first kappa shape index (κ1) is 13.5. The first-order chi connectivity index (χ1) is 9.24. The molecule has 0 saturated heterocycles. The third-order valence-corrected chi connectivity index (χ3v) is 3.22. The van der Waals surface area contributed by atoms with Crippen molar-refractivity contribution < 1.29 is 0 Å². The number of rotatable bonds is 6. The fourth-order valence-electron chi connectivity index (χ4n) is 2.10. The van der Waals surface area contributed by atoms with Crippen LogP contribution in [0.3, 0.4) is 0 Å². The molecule has 2 N–H and O–H groups in total. The molecular weight excluding hydrogens is 238 g/mol. The average Bonchev–Trinajstić information content (AvgIpc) is 2.85. The average molecular weight is 259 g/mol. The summed E-state index contributed by atoms with van der Waals surface area (Å²) in [4.78, 5) is 8.86. The van der Waals surface area contributed by atoms with E-state index < -0.39 is 0 Å². The molecule has 5 nitrogen and oxygen atoms in total. The van der Waals surface area contributed by atoms with Crippen LogP contribution in [-0.2, 0) is 0 Å². The van der Waals surface area contributed by atoms with Crippen LogP contribution in [0.4, 0.5) is 5.95 Å². The van der Waals surface area contributed by atoms with Gasteiger partial charge in [0, 0.05) is 23.5 Å². The Kier molecular flexibility index (Phi) is 4.49. The predicted molar refractivity (Wildman–Crippen MR) is 77.0 cm³/mol. The molecule has 2 aromatic rings. The lowest BCUT2D eigenvalue weighted by molar-refractivity contribution is 0.618. The van der Waals surface area contributed by atoms with Crippen molar-refractivity contribution in [2.75, 3.05) is 5.32 Å². The summed E-state index contributed by atoms with van der Waals surface area (Å²) >= 11 is 0. The van der Waals surface area contributed by atoms with Gasteiger partial charge in [-0.25, -0.2) is 9.97 Å². The van der Waals surface area contributed by atoms with Crippen LogP contribution in [-0.4, -0.2) is 26.2 Å². The topological polar surface area (TPSA) is 66.5 Å². The Morgan fingerprint density at radius 2 is 2.21 bits per heavy atom. The number of hydrogen-bond acceptors (Lipinski definition) is 4. The van der Waals surface area contributed by atoms with E-state index in [1.807, 2.05) is 13.0 Å². The quantitative estimate of drug-likeness (QED) is 0.836.